The summed E-state index contributed by atoms with van der Waals surface area (Å²) in [5, 5.41) is 20.1. The standard InChI is InChI=1S/C52H67N13O10/c1-2-3-26-74-52-59-46-38(61-62-47(46)49(53)60-52)27-35-13-15-36(16-14-35)32-63-22-24-64(25-23-63)51(73)48(37-17-18-37)75-33-57-42(68)30-56-50(72)39(28-34-10-6-4-7-11-34)58-43(69)31-55-41(67)29-54-40(66)12-8-5-9-21-65-44(70)19-20-45(65)71/h4,6-7,10-11,13-16,19-20,37,39,48H,2-3,5,8-9,12,17-18,21-33H2,1H3,(H,54,66)(H,55,67)(H,56,72)(H,57,68)(H,58,69)(H,61,62)(H2,53,59,60)/t39-,48+/m0/s1. The molecule has 8 amide bonds. The van der Waals surface area contributed by atoms with Crippen LogP contribution >= 0.6 is 0 Å². The van der Waals surface area contributed by atoms with E-state index in [-0.39, 0.29) is 68.2 Å². The fourth-order valence-corrected chi connectivity index (χ4v) is 8.54. The zero-order valence-corrected chi connectivity index (χ0v) is 42.3. The molecule has 7 rings (SSSR count). The van der Waals surface area contributed by atoms with Gasteiger partial charge in [-0.15, -0.1) is 0 Å². The maximum absolute atomic E-state index is 13.7. The van der Waals surface area contributed by atoms with E-state index in [0.717, 1.165) is 59.5 Å². The first-order valence-electron chi connectivity index (χ1n) is 25.6. The number of anilines is 1. The number of unbranched alkanes of at least 4 members (excludes halogenated alkanes) is 3. The molecule has 2 aromatic carbocycles. The first-order valence-corrected chi connectivity index (χ1v) is 25.6. The van der Waals surface area contributed by atoms with Gasteiger partial charge in [-0.05, 0) is 54.7 Å². The van der Waals surface area contributed by atoms with E-state index in [1.54, 1.807) is 24.3 Å². The highest BCUT2D eigenvalue weighted by molar-refractivity contribution is 6.12. The van der Waals surface area contributed by atoms with Crippen molar-refractivity contribution in [3.05, 3.63) is 89.1 Å². The molecule has 4 heterocycles. The van der Waals surface area contributed by atoms with E-state index in [2.05, 4.69) is 82.8 Å². The van der Waals surface area contributed by atoms with Crippen LogP contribution in [0.3, 0.4) is 0 Å². The predicted molar refractivity (Wildman–Crippen MR) is 274 cm³/mol. The molecule has 2 fully saturated rings. The van der Waals surface area contributed by atoms with E-state index in [1.807, 2.05) is 11.0 Å². The number of carbonyl (C=O) groups excluding carboxylic acids is 8. The van der Waals surface area contributed by atoms with Crippen molar-refractivity contribution in [3.63, 3.8) is 0 Å². The lowest BCUT2D eigenvalue weighted by Crippen LogP contribution is -2.53. The number of H-pyrrole nitrogens is 1. The molecule has 1 saturated carbocycles. The third kappa shape index (κ3) is 16.9. The van der Waals surface area contributed by atoms with Crippen molar-refractivity contribution in [2.75, 3.05) is 71.4 Å². The van der Waals surface area contributed by atoms with Crippen molar-refractivity contribution in [1.82, 2.24) is 61.4 Å². The minimum atomic E-state index is -1.10. The summed E-state index contributed by atoms with van der Waals surface area (Å²) < 4.78 is 11.7. The molecule has 0 unspecified atom stereocenters. The van der Waals surface area contributed by atoms with Gasteiger partial charge in [0.1, 0.15) is 29.9 Å². The largest absolute Gasteiger partial charge is 0.463 e. The third-order valence-corrected chi connectivity index (χ3v) is 13.0. The van der Waals surface area contributed by atoms with Gasteiger partial charge in [0.05, 0.1) is 31.9 Å². The van der Waals surface area contributed by atoms with Crippen LogP contribution in [0.4, 0.5) is 5.82 Å². The monoisotopic (exact) mass is 1030 g/mol. The summed E-state index contributed by atoms with van der Waals surface area (Å²) in [6.07, 6.45) is 7.69. The molecule has 3 aliphatic rings. The van der Waals surface area contributed by atoms with E-state index in [4.69, 9.17) is 15.2 Å². The number of benzene rings is 2. The fourth-order valence-electron chi connectivity index (χ4n) is 8.54. The highest BCUT2D eigenvalue weighted by atomic mass is 16.5. The smallest absolute Gasteiger partial charge is 0.319 e. The van der Waals surface area contributed by atoms with Gasteiger partial charge in [0, 0.05) is 70.7 Å². The summed E-state index contributed by atoms with van der Waals surface area (Å²) in [6.45, 7) is 4.51. The molecule has 4 aromatic rings. The number of amides is 8. The number of imide groups is 1. The zero-order valence-electron chi connectivity index (χ0n) is 42.3. The van der Waals surface area contributed by atoms with Gasteiger partial charge in [0.25, 0.3) is 17.7 Å². The minimum Gasteiger partial charge on any atom is -0.463 e. The van der Waals surface area contributed by atoms with Crippen molar-refractivity contribution in [3.8, 4) is 6.01 Å². The van der Waals surface area contributed by atoms with Gasteiger partial charge in [-0.3, -0.25) is 53.3 Å². The van der Waals surface area contributed by atoms with Crippen molar-refractivity contribution in [2.24, 2.45) is 5.92 Å². The number of rotatable bonds is 29. The van der Waals surface area contributed by atoms with Gasteiger partial charge in [0.15, 0.2) is 5.82 Å². The Kier molecular flexibility index (Phi) is 20.1. The van der Waals surface area contributed by atoms with E-state index in [0.29, 0.717) is 75.3 Å². The molecule has 23 heteroatoms. The topological polar surface area (TPSA) is 305 Å². The number of hydrogen-bond donors (Lipinski definition) is 7. The molecule has 0 bridgehead atoms. The molecular weight excluding hydrogens is 967 g/mol. The number of piperazine rings is 1. The number of aromatic amines is 1. The van der Waals surface area contributed by atoms with Crippen LogP contribution in [-0.2, 0) is 62.5 Å². The average Bonchev–Trinajstić information content (AvgIpc) is 4.10. The normalized spacial score (nSPS) is 15.4. The average molecular weight is 1030 g/mol. The van der Waals surface area contributed by atoms with Crippen molar-refractivity contribution in [1.29, 1.82) is 0 Å². The lowest BCUT2D eigenvalue weighted by molar-refractivity contribution is -0.149. The highest BCUT2D eigenvalue weighted by Gasteiger charge is 2.40. The summed E-state index contributed by atoms with van der Waals surface area (Å²) in [6, 6.07) is 16.4. The van der Waals surface area contributed by atoms with Gasteiger partial charge < -0.3 is 46.7 Å². The van der Waals surface area contributed by atoms with Crippen LogP contribution in [0.25, 0.3) is 11.0 Å². The number of fused-ring (bicyclic) bond motifs is 1. The zero-order chi connectivity index (χ0) is 53.1. The van der Waals surface area contributed by atoms with Crippen molar-refractivity contribution >= 4 is 64.1 Å². The third-order valence-electron chi connectivity index (χ3n) is 13.0. The Labute approximate surface area is 434 Å². The Balaban J connectivity index is 0.784. The van der Waals surface area contributed by atoms with E-state index < -0.39 is 48.9 Å². The molecule has 2 aliphatic heterocycles. The summed E-state index contributed by atoms with van der Waals surface area (Å²) in [7, 11) is 0. The Morgan fingerprint density at radius 2 is 1.44 bits per heavy atom. The number of nitrogens with two attached hydrogens (primary N) is 1. The van der Waals surface area contributed by atoms with E-state index >= 15 is 0 Å². The van der Waals surface area contributed by atoms with Crippen LogP contribution in [-0.4, -0.2) is 160 Å². The van der Waals surface area contributed by atoms with Crippen LogP contribution in [0.2, 0.25) is 0 Å². The second-order valence-corrected chi connectivity index (χ2v) is 18.8. The summed E-state index contributed by atoms with van der Waals surface area (Å²) in [4.78, 5) is 115. The van der Waals surface area contributed by atoms with Crippen LogP contribution in [0, 0.1) is 5.92 Å². The number of nitrogens with one attached hydrogen (secondary N) is 6. The molecule has 1 saturated heterocycles. The highest BCUT2D eigenvalue weighted by Crippen LogP contribution is 2.35. The van der Waals surface area contributed by atoms with Crippen LogP contribution in [0.5, 0.6) is 6.01 Å². The second kappa shape index (κ2) is 27.5. The maximum Gasteiger partial charge on any atom is 0.319 e. The Morgan fingerprint density at radius 3 is 2.16 bits per heavy atom. The molecule has 0 radical (unpaired) electrons. The summed E-state index contributed by atoms with van der Waals surface area (Å²) in [5.41, 5.74) is 11.1. The summed E-state index contributed by atoms with van der Waals surface area (Å²) in [5.74, 6) is -3.34. The first-order chi connectivity index (χ1) is 36.3. The number of carbonyl (C=O) groups is 8. The maximum atomic E-state index is 13.7. The minimum absolute atomic E-state index is 0.0518. The molecule has 2 atom stereocenters. The van der Waals surface area contributed by atoms with Crippen LogP contribution in [0.15, 0.2) is 66.7 Å². The molecule has 23 nitrogen and oxygen atoms in total. The van der Waals surface area contributed by atoms with Crippen LogP contribution in [0.1, 0.15) is 80.7 Å². The number of hydrogen-bond acceptors (Lipinski definition) is 15. The molecule has 2 aromatic heterocycles. The Morgan fingerprint density at radius 1 is 0.760 bits per heavy atom. The SMILES string of the molecule is CCCCOc1nc(N)c2[nH]nc(Cc3ccc(CN4CCN(C(=O)[C@H](OCNC(=O)CNC(=O)[C@H](Cc5ccccc5)NC(=O)CNC(=O)CNC(=O)CCCCCN5C(=O)C=CC5=O)C5CC5)CC4)cc3)c2n1. The first kappa shape index (κ1) is 55.0. The number of nitrogen functional groups attached to an aromatic ring is 1. The predicted octanol–water partition coefficient (Wildman–Crippen LogP) is 0.779. The Bertz CT molecular complexity index is 2650. The quantitative estimate of drug-likeness (QED) is 0.0225. The summed E-state index contributed by atoms with van der Waals surface area (Å²) >= 11 is 0. The molecule has 1 aliphatic carbocycles. The molecule has 0 spiro atoms. The van der Waals surface area contributed by atoms with Gasteiger partial charge >= 0.3 is 6.01 Å². The van der Waals surface area contributed by atoms with E-state index in [9.17, 15) is 38.4 Å². The second-order valence-electron chi connectivity index (χ2n) is 18.8. The van der Waals surface area contributed by atoms with Gasteiger partial charge in [0.2, 0.25) is 29.5 Å². The molecule has 400 valence electrons. The van der Waals surface area contributed by atoms with Crippen LogP contribution < -0.4 is 37.1 Å². The lowest BCUT2D eigenvalue weighted by atomic mass is 10.1. The molecule has 75 heavy (non-hydrogen) atoms. The lowest BCUT2D eigenvalue weighted by Gasteiger charge is -2.36. The molecule has 8 N–H and O–H groups in total. The number of ether oxygens (including phenoxy) is 2. The van der Waals surface area contributed by atoms with Crippen molar-refractivity contribution < 1.29 is 47.8 Å². The van der Waals surface area contributed by atoms with Gasteiger partial charge in [-0.25, -0.2) is 0 Å². The van der Waals surface area contributed by atoms with Crippen molar-refractivity contribution in [2.45, 2.75) is 89.8 Å². The van der Waals surface area contributed by atoms with Gasteiger partial charge in [-0.2, -0.15) is 15.1 Å². The molecular formula is C52H67N13O10. The van der Waals surface area contributed by atoms with E-state index in [1.165, 1.54) is 12.2 Å². The Hall–Kier alpha value is -7.79. The van der Waals surface area contributed by atoms with Gasteiger partial charge in [-0.1, -0.05) is 74.4 Å². The fraction of sp³-hybridized carbons (Fsp3) is 0.481. The number of nitrogens with zero attached hydrogens (tertiary/aromatic N) is 6. The number of aromatic nitrogens is 4.